The van der Waals surface area contributed by atoms with Gasteiger partial charge in [-0.15, -0.1) is 0 Å². The highest BCUT2D eigenvalue weighted by Gasteiger charge is 2.34. The van der Waals surface area contributed by atoms with Crippen molar-refractivity contribution in [2.75, 3.05) is 18.8 Å². The number of nitrogens with two attached hydrogens (primary N) is 1. The van der Waals surface area contributed by atoms with E-state index in [4.69, 9.17) is 5.14 Å². The number of fused-ring (bicyclic) bond motifs is 1. The van der Waals surface area contributed by atoms with Crippen molar-refractivity contribution in [2.24, 2.45) is 11.1 Å². The van der Waals surface area contributed by atoms with Crippen LogP contribution >= 0.6 is 0 Å². The fourth-order valence-electron chi connectivity index (χ4n) is 3.25. The molecule has 4 nitrogen and oxygen atoms in total. The van der Waals surface area contributed by atoms with Crippen LogP contribution in [0, 0.1) is 5.92 Å². The van der Waals surface area contributed by atoms with E-state index in [0.29, 0.717) is 6.42 Å². The lowest BCUT2D eigenvalue weighted by Gasteiger charge is -2.31. The Morgan fingerprint density at radius 1 is 1.19 bits per heavy atom. The smallest absolute Gasteiger partial charge is 0.209 e. The van der Waals surface area contributed by atoms with E-state index in [-0.39, 0.29) is 5.75 Å². The summed E-state index contributed by atoms with van der Waals surface area (Å²) < 4.78 is 21.7. The molecule has 1 aliphatic heterocycles. The highest BCUT2D eigenvalue weighted by Crippen LogP contribution is 2.35. The van der Waals surface area contributed by atoms with Crippen LogP contribution in [-0.2, 0) is 10.0 Å². The Hall–Kier alpha value is -0.130. The van der Waals surface area contributed by atoms with Gasteiger partial charge in [-0.1, -0.05) is 12.8 Å². The van der Waals surface area contributed by atoms with Crippen molar-refractivity contribution in [3.63, 3.8) is 0 Å². The molecule has 2 fully saturated rings. The molecule has 0 spiro atoms. The zero-order chi connectivity index (χ0) is 11.6. The van der Waals surface area contributed by atoms with Crippen LogP contribution in [0.4, 0.5) is 0 Å². The van der Waals surface area contributed by atoms with Crippen LogP contribution in [0.2, 0.25) is 0 Å². The quantitative estimate of drug-likeness (QED) is 0.802. The van der Waals surface area contributed by atoms with Crippen LogP contribution in [0.3, 0.4) is 0 Å². The fraction of sp³-hybridized carbons (Fsp3) is 1.00. The van der Waals surface area contributed by atoms with Crippen LogP contribution in [0.5, 0.6) is 0 Å². The van der Waals surface area contributed by atoms with Gasteiger partial charge in [0, 0.05) is 6.04 Å². The predicted octanol–water partition coefficient (Wildman–Crippen LogP) is 0.929. The molecule has 1 saturated carbocycles. The number of primary sulfonamides is 1. The van der Waals surface area contributed by atoms with Crippen molar-refractivity contribution in [1.29, 1.82) is 0 Å². The maximum Gasteiger partial charge on any atom is 0.209 e. The molecule has 5 heteroatoms. The first-order valence-corrected chi connectivity index (χ1v) is 8.02. The second kappa shape index (κ2) is 5.02. The molecule has 16 heavy (non-hydrogen) atoms. The molecule has 0 amide bonds. The summed E-state index contributed by atoms with van der Waals surface area (Å²) in [7, 11) is -3.27. The average Bonchev–Trinajstić information content (AvgIpc) is 2.60. The van der Waals surface area contributed by atoms with E-state index in [0.717, 1.165) is 25.0 Å². The normalized spacial score (nSPS) is 31.6. The Balaban J connectivity index is 1.78. The third-order valence-corrected chi connectivity index (χ3v) is 4.86. The maximum absolute atomic E-state index is 10.8. The summed E-state index contributed by atoms with van der Waals surface area (Å²) in [5.74, 6) is 1.00. The molecule has 2 unspecified atom stereocenters. The minimum atomic E-state index is -3.27. The van der Waals surface area contributed by atoms with Crippen molar-refractivity contribution >= 4 is 10.0 Å². The molecule has 1 saturated heterocycles. The van der Waals surface area contributed by atoms with Gasteiger partial charge in [0.2, 0.25) is 10.0 Å². The van der Waals surface area contributed by atoms with Crippen molar-refractivity contribution in [3.05, 3.63) is 0 Å². The summed E-state index contributed by atoms with van der Waals surface area (Å²) in [6, 6.07) is 0.731. The van der Waals surface area contributed by atoms with Gasteiger partial charge >= 0.3 is 0 Å². The number of hydrogen-bond donors (Lipinski definition) is 1. The van der Waals surface area contributed by atoms with Crippen LogP contribution in [0.1, 0.15) is 38.5 Å². The first kappa shape index (κ1) is 12.3. The van der Waals surface area contributed by atoms with Gasteiger partial charge in [0.15, 0.2) is 0 Å². The summed E-state index contributed by atoms with van der Waals surface area (Å²) in [5, 5.41) is 5.01. The van der Waals surface area contributed by atoms with Gasteiger partial charge in [-0.05, 0) is 44.7 Å². The minimum absolute atomic E-state index is 0.126. The molecule has 94 valence electrons. The first-order chi connectivity index (χ1) is 7.56. The van der Waals surface area contributed by atoms with Crippen LogP contribution in [-0.4, -0.2) is 38.2 Å². The zero-order valence-corrected chi connectivity index (χ0v) is 10.6. The molecule has 2 N–H and O–H groups in total. The van der Waals surface area contributed by atoms with Crippen molar-refractivity contribution in [2.45, 2.75) is 44.6 Å². The minimum Gasteiger partial charge on any atom is -0.300 e. The number of hydrogen-bond acceptors (Lipinski definition) is 3. The molecule has 1 heterocycles. The van der Waals surface area contributed by atoms with Crippen molar-refractivity contribution in [3.8, 4) is 0 Å². The summed E-state index contributed by atoms with van der Waals surface area (Å²) >= 11 is 0. The third-order valence-electron chi connectivity index (χ3n) is 4.00. The average molecular weight is 246 g/mol. The molecule has 2 rings (SSSR count). The Labute approximate surface area is 98.2 Å². The van der Waals surface area contributed by atoms with Gasteiger partial charge in [0.25, 0.3) is 0 Å². The van der Waals surface area contributed by atoms with E-state index >= 15 is 0 Å². The largest absolute Gasteiger partial charge is 0.300 e. The summed E-state index contributed by atoms with van der Waals surface area (Å²) in [5.41, 5.74) is 0. The monoisotopic (exact) mass is 246 g/mol. The van der Waals surface area contributed by atoms with Gasteiger partial charge in [0.05, 0.1) is 5.75 Å². The van der Waals surface area contributed by atoms with Crippen molar-refractivity contribution in [1.82, 2.24) is 4.90 Å². The van der Waals surface area contributed by atoms with E-state index in [9.17, 15) is 8.42 Å². The van der Waals surface area contributed by atoms with E-state index in [1.807, 2.05) is 0 Å². The lowest BCUT2D eigenvalue weighted by molar-refractivity contribution is 0.183. The molecule has 0 aromatic carbocycles. The molecule has 1 aliphatic carbocycles. The van der Waals surface area contributed by atoms with Gasteiger partial charge < -0.3 is 4.90 Å². The summed E-state index contributed by atoms with van der Waals surface area (Å²) in [6.07, 6.45) is 7.39. The SMILES string of the molecule is NS(=O)(=O)CCCN1CCC2CCCCC21. The number of nitrogens with zero attached hydrogens (tertiary/aromatic N) is 1. The second-order valence-corrected chi connectivity index (χ2v) is 6.89. The molecule has 2 aliphatic rings. The van der Waals surface area contributed by atoms with Crippen molar-refractivity contribution < 1.29 is 8.42 Å². The predicted molar refractivity (Wildman–Crippen MR) is 64.5 cm³/mol. The molecule has 0 aromatic rings. The van der Waals surface area contributed by atoms with Gasteiger partial charge in [-0.25, -0.2) is 13.6 Å². The Bertz CT molecular complexity index is 329. The Morgan fingerprint density at radius 2 is 1.94 bits per heavy atom. The van der Waals surface area contributed by atoms with Crippen LogP contribution < -0.4 is 5.14 Å². The van der Waals surface area contributed by atoms with Gasteiger partial charge in [-0.2, -0.15) is 0 Å². The molecule has 0 aromatic heterocycles. The van der Waals surface area contributed by atoms with Gasteiger partial charge in [-0.3, -0.25) is 0 Å². The fourth-order valence-corrected chi connectivity index (χ4v) is 3.78. The Kier molecular flexibility index (Phi) is 3.87. The maximum atomic E-state index is 10.8. The highest BCUT2D eigenvalue weighted by atomic mass is 32.2. The highest BCUT2D eigenvalue weighted by molar-refractivity contribution is 7.89. The first-order valence-electron chi connectivity index (χ1n) is 6.31. The lowest BCUT2D eigenvalue weighted by Crippen LogP contribution is -2.36. The lowest BCUT2D eigenvalue weighted by atomic mass is 9.85. The number of likely N-dealkylation sites (tertiary alicyclic amines) is 1. The molecular formula is C11H22N2O2S. The topological polar surface area (TPSA) is 63.4 Å². The molecule has 2 atom stereocenters. The Morgan fingerprint density at radius 3 is 2.69 bits per heavy atom. The third kappa shape index (κ3) is 3.18. The van der Waals surface area contributed by atoms with Crippen LogP contribution in [0.25, 0.3) is 0 Å². The summed E-state index contributed by atoms with van der Waals surface area (Å²) in [4.78, 5) is 2.48. The van der Waals surface area contributed by atoms with E-state index in [2.05, 4.69) is 4.90 Å². The van der Waals surface area contributed by atoms with Crippen LogP contribution in [0.15, 0.2) is 0 Å². The van der Waals surface area contributed by atoms with E-state index in [1.54, 1.807) is 0 Å². The van der Waals surface area contributed by atoms with Gasteiger partial charge in [0.1, 0.15) is 0 Å². The second-order valence-electron chi connectivity index (χ2n) is 5.16. The standard InChI is InChI=1S/C11H22N2O2S/c12-16(14,15)9-3-7-13-8-6-10-4-1-2-5-11(10)13/h10-11H,1-9H2,(H2,12,14,15). The molecule has 0 radical (unpaired) electrons. The van der Waals surface area contributed by atoms with E-state index in [1.165, 1.54) is 32.1 Å². The number of sulfonamides is 1. The molecular weight excluding hydrogens is 224 g/mol. The summed E-state index contributed by atoms with van der Waals surface area (Å²) in [6.45, 7) is 2.05. The zero-order valence-electron chi connectivity index (χ0n) is 9.77. The number of rotatable bonds is 4. The van der Waals surface area contributed by atoms with E-state index < -0.39 is 10.0 Å². The molecule has 0 bridgehead atoms.